The fourth-order valence-corrected chi connectivity index (χ4v) is 3.99. The van der Waals surface area contributed by atoms with Gasteiger partial charge in [-0.05, 0) is 36.2 Å². The number of carbonyl (C=O) groups excluding carboxylic acids is 1. The molecule has 144 valence electrons. The van der Waals surface area contributed by atoms with Gasteiger partial charge in [0, 0.05) is 24.7 Å². The summed E-state index contributed by atoms with van der Waals surface area (Å²) in [5.74, 6) is 2.41. The first-order chi connectivity index (χ1) is 13.6. The molecule has 2 aromatic rings. The van der Waals surface area contributed by atoms with Crippen molar-refractivity contribution < 1.29 is 28.5 Å². The molecule has 0 spiro atoms. The van der Waals surface area contributed by atoms with Crippen LogP contribution in [0.1, 0.15) is 27.0 Å². The quantitative estimate of drug-likeness (QED) is 0.741. The molecule has 0 saturated carbocycles. The first kappa shape index (κ1) is 16.8. The van der Waals surface area contributed by atoms with E-state index in [0.29, 0.717) is 39.9 Å². The number of nitrogens with zero attached hydrogens (tertiary/aromatic N) is 1. The Kier molecular flexibility index (Phi) is 3.65. The third-order valence-electron chi connectivity index (χ3n) is 5.36. The zero-order valence-electron chi connectivity index (χ0n) is 15.8. The summed E-state index contributed by atoms with van der Waals surface area (Å²) in [6.45, 7) is 0.892. The second kappa shape index (κ2) is 6.09. The number of hydrogen-bond acceptors (Lipinski definition) is 7. The van der Waals surface area contributed by atoms with Gasteiger partial charge in [0.2, 0.25) is 6.79 Å². The van der Waals surface area contributed by atoms with E-state index in [1.165, 1.54) is 0 Å². The standard InChI is InChI=1S/C21H19NO6/c1-22-7-6-11-8-15(24-2)16(25-3)9-13(11)18(22)19-12-4-5-14-20(27-10-26-14)17(12)21(23)28-19/h4-5,8-9H,6-7,10H2,1-3H3/b19-18+. The summed E-state index contributed by atoms with van der Waals surface area (Å²) in [4.78, 5) is 14.8. The zero-order valence-corrected chi connectivity index (χ0v) is 15.8. The summed E-state index contributed by atoms with van der Waals surface area (Å²) in [5, 5.41) is 0. The molecule has 0 saturated heterocycles. The van der Waals surface area contributed by atoms with Crippen molar-refractivity contribution in [1.29, 1.82) is 0 Å². The third-order valence-corrected chi connectivity index (χ3v) is 5.36. The summed E-state index contributed by atoms with van der Waals surface area (Å²) < 4.78 is 27.6. The molecule has 0 N–H and O–H groups in total. The van der Waals surface area contributed by atoms with Crippen LogP contribution >= 0.6 is 0 Å². The van der Waals surface area contributed by atoms with Crippen LogP contribution in [-0.4, -0.2) is 45.5 Å². The fraction of sp³-hybridized carbons (Fsp3) is 0.286. The molecule has 3 aliphatic heterocycles. The average Bonchev–Trinajstić information content (AvgIpc) is 3.31. The Hall–Kier alpha value is -3.35. The number of carbonyl (C=O) groups is 1. The van der Waals surface area contributed by atoms with Crippen LogP contribution in [0.3, 0.4) is 0 Å². The molecule has 0 atom stereocenters. The molecule has 3 aliphatic rings. The van der Waals surface area contributed by atoms with Crippen molar-refractivity contribution in [2.24, 2.45) is 0 Å². The summed E-state index contributed by atoms with van der Waals surface area (Å²) in [7, 11) is 5.21. The molecule has 0 aliphatic carbocycles. The number of cyclic esters (lactones) is 1. The van der Waals surface area contributed by atoms with E-state index < -0.39 is 5.97 Å². The monoisotopic (exact) mass is 381 g/mol. The van der Waals surface area contributed by atoms with E-state index >= 15 is 0 Å². The minimum atomic E-state index is -0.430. The Morgan fingerprint density at radius 1 is 1.04 bits per heavy atom. The minimum absolute atomic E-state index is 0.102. The third kappa shape index (κ3) is 2.25. The first-order valence-corrected chi connectivity index (χ1v) is 8.98. The highest BCUT2D eigenvalue weighted by molar-refractivity contribution is 6.10. The van der Waals surface area contributed by atoms with Crippen LogP contribution in [-0.2, 0) is 11.2 Å². The van der Waals surface area contributed by atoms with E-state index in [2.05, 4.69) is 4.90 Å². The number of benzene rings is 2. The normalized spacial score (nSPS) is 19.2. The molecule has 2 aromatic carbocycles. The van der Waals surface area contributed by atoms with Gasteiger partial charge in [-0.25, -0.2) is 4.79 Å². The lowest BCUT2D eigenvalue weighted by Crippen LogP contribution is -2.26. The lowest BCUT2D eigenvalue weighted by Gasteiger charge is -2.31. The van der Waals surface area contributed by atoms with Gasteiger partial charge in [-0.15, -0.1) is 0 Å². The van der Waals surface area contributed by atoms with Crippen LogP contribution in [0.2, 0.25) is 0 Å². The molecule has 0 radical (unpaired) electrons. The van der Waals surface area contributed by atoms with Gasteiger partial charge in [-0.2, -0.15) is 0 Å². The molecule has 0 fully saturated rings. The highest BCUT2D eigenvalue weighted by Crippen LogP contribution is 2.48. The molecule has 0 aromatic heterocycles. The van der Waals surface area contributed by atoms with Gasteiger partial charge in [0.05, 0.1) is 19.9 Å². The Morgan fingerprint density at radius 3 is 2.61 bits per heavy atom. The topological polar surface area (TPSA) is 66.5 Å². The van der Waals surface area contributed by atoms with Crippen molar-refractivity contribution in [3.63, 3.8) is 0 Å². The maximum Gasteiger partial charge on any atom is 0.348 e. The Bertz CT molecular complexity index is 1040. The molecule has 7 nitrogen and oxygen atoms in total. The predicted octanol–water partition coefficient (Wildman–Crippen LogP) is 2.92. The number of methoxy groups -OCH3 is 2. The summed E-state index contributed by atoms with van der Waals surface area (Å²) in [6, 6.07) is 7.57. The van der Waals surface area contributed by atoms with Crippen LogP contribution in [0.5, 0.6) is 23.0 Å². The molecule has 0 unspecified atom stereocenters. The average molecular weight is 381 g/mol. The molecular weight excluding hydrogens is 362 g/mol. The van der Waals surface area contributed by atoms with E-state index in [0.717, 1.165) is 29.8 Å². The Morgan fingerprint density at radius 2 is 1.82 bits per heavy atom. The minimum Gasteiger partial charge on any atom is -0.493 e. The number of rotatable bonds is 2. The second-order valence-corrected chi connectivity index (χ2v) is 6.83. The van der Waals surface area contributed by atoms with Crippen molar-refractivity contribution in [3.8, 4) is 23.0 Å². The van der Waals surface area contributed by atoms with Gasteiger partial charge in [0.1, 0.15) is 5.56 Å². The SMILES string of the molecule is COc1cc2c(cc1OC)/C(=C1\OC(=O)c3c1ccc1c3OCO1)N(C)CC2. The van der Waals surface area contributed by atoms with Gasteiger partial charge < -0.3 is 28.6 Å². The number of hydrogen-bond donors (Lipinski definition) is 0. The molecule has 28 heavy (non-hydrogen) atoms. The van der Waals surface area contributed by atoms with Crippen LogP contribution in [0.15, 0.2) is 24.3 Å². The van der Waals surface area contributed by atoms with E-state index in [1.54, 1.807) is 14.2 Å². The van der Waals surface area contributed by atoms with E-state index in [-0.39, 0.29) is 6.79 Å². The number of fused-ring (bicyclic) bond motifs is 4. The molecule has 0 amide bonds. The number of ether oxygens (including phenoxy) is 5. The molecular formula is C21H19NO6. The van der Waals surface area contributed by atoms with E-state index in [9.17, 15) is 4.79 Å². The number of likely N-dealkylation sites (N-methyl/N-ethyl adjacent to an activating group) is 1. The largest absolute Gasteiger partial charge is 0.493 e. The van der Waals surface area contributed by atoms with Crippen molar-refractivity contribution >= 4 is 17.4 Å². The van der Waals surface area contributed by atoms with Gasteiger partial charge in [-0.3, -0.25) is 0 Å². The Balaban J connectivity index is 1.75. The van der Waals surface area contributed by atoms with Crippen LogP contribution in [0.25, 0.3) is 11.5 Å². The second-order valence-electron chi connectivity index (χ2n) is 6.83. The first-order valence-electron chi connectivity index (χ1n) is 8.98. The van der Waals surface area contributed by atoms with Gasteiger partial charge >= 0.3 is 5.97 Å². The maximum atomic E-state index is 12.7. The summed E-state index contributed by atoms with van der Waals surface area (Å²) >= 11 is 0. The van der Waals surface area contributed by atoms with E-state index in [4.69, 9.17) is 23.7 Å². The predicted molar refractivity (Wildman–Crippen MR) is 101 cm³/mol. The molecule has 3 heterocycles. The van der Waals surface area contributed by atoms with Crippen molar-refractivity contribution in [3.05, 3.63) is 46.5 Å². The zero-order chi connectivity index (χ0) is 19.4. The molecule has 0 bridgehead atoms. The van der Waals surface area contributed by atoms with Crippen LogP contribution in [0, 0.1) is 0 Å². The Labute approximate surface area is 162 Å². The molecule has 7 heteroatoms. The van der Waals surface area contributed by atoms with Crippen molar-refractivity contribution in [2.45, 2.75) is 6.42 Å². The lowest BCUT2D eigenvalue weighted by molar-refractivity contribution is 0.0711. The van der Waals surface area contributed by atoms with Crippen molar-refractivity contribution in [2.75, 3.05) is 34.6 Å². The maximum absolute atomic E-state index is 12.7. The lowest BCUT2D eigenvalue weighted by atomic mass is 9.93. The smallest absolute Gasteiger partial charge is 0.348 e. The number of esters is 1. The van der Waals surface area contributed by atoms with Gasteiger partial charge in [0.15, 0.2) is 28.8 Å². The van der Waals surface area contributed by atoms with Crippen molar-refractivity contribution in [1.82, 2.24) is 4.90 Å². The fourth-order valence-electron chi connectivity index (χ4n) is 3.99. The van der Waals surface area contributed by atoms with Gasteiger partial charge in [-0.1, -0.05) is 0 Å². The summed E-state index contributed by atoms with van der Waals surface area (Å²) in [5.41, 5.74) is 4.04. The molecule has 5 rings (SSSR count). The van der Waals surface area contributed by atoms with Crippen LogP contribution in [0.4, 0.5) is 0 Å². The van der Waals surface area contributed by atoms with E-state index in [1.807, 2.05) is 31.3 Å². The highest BCUT2D eigenvalue weighted by atomic mass is 16.7. The van der Waals surface area contributed by atoms with Gasteiger partial charge in [0.25, 0.3) is 0 Å². The summed E-state index contributed by atoms with van der Waals surface area (Å²) in [6.07, 6.45) is 0.852. The highest BCUT2D eigenvalue weighted by Gasteiger charge is 2.38. The van der Waals surface area contributed by atoms with Crippen LogP contribution < -0.4 is 18.9 Å².